The number of para-hydroxylation sites is 1. The van der Waals surface area contributed by atoms with Crippen molar-refractivity contribution < 1.29 is 9.84 Å². The van der Waals surface area contributed by atoms with E-state index in [9.17, 15) is 9.90 Å². The minimum Gasteiger partial charge on any atom is -0.491 e. The molecule has 0 radical (unpaired) electrons. The van der Waals surface area contributed by atoms with Gasteiger partial charge >= 0.3 is 0 Å². The molecular weight excluding hydrogens is 436 g/mol. The zero-order valence-corrected chi connectivity index (χ0v) is 19.0. The molecule has 3 heterocycles. The summed E-state index contributed by atoms with van der Waals surface area (Å²) in [6.45, 7) is 2.91. The first kappa shape index (κ1) is 21.8. The maximum Gasteiger partial charge on any atom is 0.260 e. The molecular formula is C25H26N4O3S. The Labute approximate surface area is 196 Å². The molecule has 0 saturated carbocycles. The summed E-state index contributed by atoms with van der Waals surface area (Å²) < 4.78 is 7.75. The molecule has 170 valence electrons. The molecule has 1 aliphatic rings. The molecule has 1 unspecified atom stereocenters. The van der Waals surface area contributed by atoms with Crippen LogP contribution in [-0.4, -0.2) is 68.4 Å². The van der Waals surface area contributed by atoms with Crippen LogP contribution in [0.2, 0.25) is 0 Å². The maximum atomic E-state index is 12.7. The Bertz CT molecular complexity index is 1260. The molecule has 0 amide bonds. The number of fused-ring (bicyclic) bond motifs is 1. The highest BCUT2D eigenvalue weighted by atomic mass is 32.2. The second-order valence-electron chi connectivity index (χ2n) is 8.08. The third-order valence-corrected chi connectivity index (χ3v) is 6.75. The summed E-state index contributed by atoms with van der Waals surface area (Å²) in [6, 6.07) is 17.4. The van der Waals surface area contributed by atoms with Crippen LogP contribution in [0.15, 0.2) is 71.9 Å². The number of hydrogen-bond acceptors (Lipinski definition) is 6. The van der Waals surface area contributed by atoms with Crippen molar-refractivity contribution in [1.29, 1.82) is 0 Å². The molecule has 2 aromatic carbocycles. The molecule has 1 atom stereocenters. The number of aliphatic hydroxyl groups is 1. The summed E-state index contributed by atoms with van der Waals surface area (Å²) >= 11 is 1.96. The summed E-state index contributed by atoms with van der Waals surface area (Å²) in [4.78, 5) is 22.1. The van der Waals surface area contributed by atoms with E-state index < -0.39 is 6.10 Å². The number of H-pyrrole nitrogens is 1. The van der Waals surface area contributed by atoms with Gasteiger partial charge in [-0.2, -0.15) is 11.8 Å². The van der Waals surface area contributed by atoms with E-state index in [4.69, 9.17) is 4.74 Å². The van der Waals surface area contributed by atoms with Gasteiger partial charge in [0.1, 0.15) is 18.5 Å². The largest absolute Gasteiger partial charge is 0.491 e. The molecule has 0 bridgehead atoms. The SMILES string of the molecule is O=c1[nH]cnc2c1c(-c1ccc(OCC(O)CN3CCSCC3)cc1)cn2-c1ccccc1. The van der Waals surface area contributed by atoms with Crippen molar-refractivity contribution in [2.75, 3.05) is 37.7 Å². The van der Waals surface area contributed by atoms with Gasteiger partial charge in [0, 0.05) is 48.6 Å². The number of rotatable bonds is 7. The molecule has 2 N–H and O–H groups in total. The highest BCUT2D eigenvalue weighted by Crippen LogP contribution is 2.30. The second kappa shape index (κ2) is 9.82. The van der Waals surface area contributed by atoms with Crippen LogP contribution in [-0.2, 0) is 0 Å². The number of β-amino-alcohol motifs (C(OH)–C–C–N with tert-alkyl or cyclic N) is 1. The number of aromatic amines is 1. The van der Waals surface area contributed by atoms with Gasteiger partial charge in [0.05, 0.1) is 11.7 Å². The maximum absolute atomic E-state index is 12.7. The zero-order chi connectivity index (χ0) is 22.6. The second-order valence-corrected chi connectivity index (χ2v) is 9.31. The van der Waals surface area contributed by atoms with Gasteiger partial charge in [0.2, 0.25) is 0 Å². The van der Waals surface area contributed by atoms with E-state index in [0.717, 1.165) is 41.4 Å². The van der Waals surface area contributed by atoms with E-state index in [1.54, 1.807) is 0 Å². The van der Waals surface area contributed by atoms with Gasteiger partial charge < -0.3 is 19.4 Å². The van der Waals surface area contributed by atoms with Crippen molar-refractivity contribution in [2.24, 2.45) is 0 Å². The van der Waals surface area contributed by atoms with Crippen LogP contribution in [0.4, 0.5) is 0 Å². The van der Waals surface area contributed by atoms with E-state index in [-0.39, 0.29) is 12.2 Å². The Morgan fingerprint density at radius 2 is 1.85 bits per heavy atom. The smallest absolute Gasteiger partial charge is 0.260 e. The minimum absolute atomic E-state index is 0.177. The van der Waals surface area contributed by atoms with E-state index in [2.05, 4.69) is 14.9 Å². The third kappa shape index (κ3) is 4.83. The minimum atomic E-state index is -0.527. The van der Waals surface area contributed by atoms with Gasteiger partial charge in [0.15, 0.2) is 5.65 Å². The average Bonchev–Trinajstić information content (AvgIpc) is 3.25. The number of nitrogens with zero attached hydrogens (tertiary/aromatic N) is 3. The van der Waals surface area contributed by atoms with Crippen molar-refractivity contribution in [3.63, 3.8) is 0 Å². The van der Waals surface area contributed by atoms with E-state index >= 15 is 0 Å². The van der Waals surface area contributed by atoms with Crippen molar-refractivity contribution in [2.45, 2.75) is 6.10 Å². The topological polar surface area (TPSA) is 83.4 Å². The fraction of sp³-hybridized carbons (Fsp3) is 0.280. The van der Waals surface area contributed by atoms with Crippen LogP contribution in [0.25, 0.3) is 27.8 Å². The molecule has 8 heteroatoms. The average molecular weight is 463 g/mol. The van der Waals surface area contributed by atoms with E-state index in [1.807, 2.05) is 77.1 Å². The lowest BCUT2D eigenvalue weighted by Crippen LogP contribution is -2.40. The Morgan fingerprint density at radius 3 is 2.61 bits per heavy atom. The van der Waals surface area contributed by atoms with Gasteiger partial charge in [-0.05, 0) is 29.8 Å². The van der Waals surface area contributed by atoms with Crippen LogP contribution < -0.4 is 10.3 Å². The summed E-state index contributed by atoms with van der Waals surface area (Å²) in [5.41, 5.74) is 3.07. The molecule has 0 spiro atoms. The lowest BCUT2D eigenvalue weighted by Gasteiger charge is -2.28. The Hall–Kier alpha value is -3.07. The van der Waals surface area contributed by atoms with Gasteiger partial charge in [-0.25, -0.2) is 4.98 Å². The van der Waals surface area contributed by atoms with Crippen molar-refractivity contribution in [3.8, 4) is 22.6 Å². The first-order valence-electron chi connectivity index (χ1n) is 11.0. The first-order valence-corrected chi connectivity index (χ1v) is 12.2. The van der Waals surface area contributed by atoms with Crippen LogP contribution in [0.3, 0.4) is 0 Å². The van der Waals surface area contributed by atoms with Crippen LogP contribution >= 0.6 is 11.8 Å². The fourth-order valence-corrected chi connectivity index (χ4v) is 5.11. The van der Waals surface area contributed by atoms with Gasteiger partial charge in [-0.15, -0.1) is 0 Å². The lowest BCUT2D eigenvalue weighted by molar-refractivity contribution is 0.0715. The zero-order valence-electron chi connectivity index (χ0n) is 18.2. The summed E-state index contributed by atoms with van der Waals surface area (Å²) in [7, 11) is 0. The molecule has 1 aliphatic heterocycles. The number of hydrogen-bond donors (Lipinski definition) is 2. The normalized spacial score (nSPS) is 15.5. The monoisotopic (exact) mass is 462 g/mol. The standard InChI is InChI=1S/C25H26N4O3S/c30-20(14-28-10-12-33-13-11-28)16-32-21-8-6-18(7-9-21)22-15-29(19-4-2-1-3-5-19)24-23(22)25(31)27-17-26-24/h1-9,15,17,20,30H,10-14,16H2,(H,26,27,31). The number of aromatic nitrogens is 3. The summed E-state index contributed by atoms with van der Waals surface area (Å²) in [5, 5.41) is 10.9. The molecule has 33 heavy (non-hydrogen) atoms. The van der Waals surface area contributed by atoms with Gasteiger partial charge in [-0.3, -0.25) is 9.69 Å². The molecule has 4 aromatic rings. The lowest BCUT2D eigenvalue weighted by atomic mass is 10.1. The van der Waals surface area contributed by atoms with Gasteiger partial charge in [-0.1, -0.05) is 30.3 Å². The number of benzene rings is 2. The summed E-state index contributed by atoms with van der Waals surface area (Å²) in [5.74, 6) is 2.92. The summed E-state index contributed by atoms with van der Waals surface area (Å²) in [6.07, 6.45) is 2.85. The highest BCUT2D eigenvalue weighted by molar-refractivity contribution is 7.99. The molecule has 0 aliphatic carbocycles. The van der Waals surface area contributed by atoms with Crippen LogP contribution in [0.1, 0.15) is 0 Å². The fourth-order valence-electron chi connectivity index (χ4n) is 4.13. The molecule has 7 nitrogen and oxygen atoms in total. The van der Waals surface area contributed by atoms with Crippen molar-refractivity contribution in [1.82, 2.24) is 19.4 Å². The molecule has 2 aromatic heterocycles. The number of nitrogens with one attached hydrogen (secondary N) is 1. The molecule has 1 fully saturated rings. The Kier molecular flexibility index (Phi) is 6.48. The number of aliphatic hydroxyl groups excluding tert-OH is 1. The predicted octanol–water partition coefficient (Wildman–Crippen LogP) is 3.17. The quantitative estimate of drug-likeness (QED) is 0.439. The highest BCUT2D eigenvalue weighted by Gasteiger charge is 2.17. The molecule has 1 saturated heterocycles. The first-order chi connectivity index (χ1) is 16.2. The van der Waals surface area contributed by atoms with Crippen LogP contribution in [0, 0.1) is 0 Å². The third-order valence-electron chi connectivity index (χ3n) is 5.80. The number of ether oxygens (including phenoxy) is 1. The van der Waals surface area contributed by atoms with Crippen molar-refractivity contribution >= 4 is 22.8 Å². The van der Waals surface area contributed by atoms with Gasteiger partial charge in [0.25, 0.3) is 5.56 Å². The predicted molar refractivity (Wildman–Crippen MR) is 132 cm³/mol. The van der Waals surface area contributed by atoms with Crippen LogP contribution in [0.5, 0.6) is 5.75 Å². The Morgan fingerprint density at radius 1 is 1.09 bits per heavy atom. The van der Waals surface area contributed by atoms with E-state index in [1.165, 1.54) is 6.33 Å². The van der Waals surface area contributed by atoms with Crippen molar-refractivity contribution in [3.05, 3.63) is 77.5 Å². The number of thioether (sulfide) groups is 1. The Balaban J connectivity index is 1.35. The molecule has 5 rings (SSSR count). The van der Waals surface area contributed by atoms with E-state index in [0.29, 0.717) is 23.3 Å².